The minimum Gasteiger partial charge on any atom is -0.264 e. The molecule has 52 heavy (non-hydrogen) atoms. The van der Waals surface area contributed by atoms with Crippen LogP contribution in [0.1, 0.15) is 0 Å². The summed E-state index contributed by atoms with van der Waals surface area (Å²) in [4.78, 5) is 28.5. The van der Waals surface area contributed by atoms with E-state index in [0.29, 0.717) is 17.5 Å². The van der Waals surface area contributed by atoms with Gasteiger partial charge in [-0.05, 0) is 81.4 Å². The van der Waals surface area contributed by atoms with Crippen molar-refractivity contribution < 1.29 is 0 Å². The zero-order chi connectivity index (χ0) is 34.7. The van der Waals surface area contributed by atoms with Gasteiger partial charge in [-0.25, -0.2) is 15.0 Å². The van der Waals surface area contributed by atoms with Gasteiger partial charge in [0.05, 0.1) is 5.52 Å². The molecule has 0 fully saturated rings. The third kappa shape index (κ3) is 5.99. The number of benzene rings is 5. The van der Waals surface area contributed by atoms with E-state index >= 15 is 0 Å². The molecule has 0 N–H and O–H groups in total. The minimum atomic E-state index is 0.538. The largest absolute Gasteiger partial charge is 0.264 e. The number of pyridine rings is 3. The Morgan fingerprint density at radius 1 is 0.308 bits per heavy atom. The third-order valence-corrected chi connectivity index (χ3v) is 9.18. The van der Waals surface area contributed by atoms with Crippen molar-refractivity contribution in [3.8, 4) is 78.7 Å². The van der Waals surface area contributed by atoms with Crippen LogP contribution in [-0.4, -0.2) is 29.9 Å². The number of para-hydroxylation sites is 1. The lowest BCUT2D eigenvalue weighted by Crippen LogP contribution is -2.01. The topological polar surface area (TPSA) is 77.3 Å². The molecule has 9 rings (SSSR count). The Bertz CT molecular complexity index is 2600. The summed E-state index contributed by atoms with van der Waals surface area (Å²) in [5.74, 6) is 1.63. The van der Waals surface area contributed by atoms with E-state index < -0.39 is 0 Å². The van der Waals surface area contributed by atoms with Gasteiger partial charge in [0.2, 0.25) is 0 Å². The standard InChI is InChI=1S/C46H30N6/c1-3-11-31(12-4-1)34-20-22-38(32-13-5-2-6-14-32)41(27-34)39-23-21-35(28-42(39)40-19-7-15-33-16-10-26-49-43(33)40)44-50-45(36-17-8-24-47-29-36)52-46(51-44)37-18-9-25-48-30-37/h1-30H. The molecule has 0 radical (unpaired) electrons. The Morgan fingerprint density at radius 3 is 1.52 bits per heavy atom. The highest BCUT2D eigenvalue weighted by Gasteiger charge is 2.19. The van der Waals surface area contributed by atoms with E-state index in [0.717, 1.165) is 72.1 Å². The number of hydrogen-bond donors (Lipinski definition) is 0. The molecule has 0 amide bonds. The first-order valence-electron chi connectivity index (χ1n) is 17.1. The smallest absolute Gasteiger partial charge is 0.165 e. The lowest BCUT2D eigenvalue weighted by Gasteiger charge is -2.18. The van der Waals surface area contributed by atoms with Crippen LogP contribution >= 0.6 is 0 Å². The molecule has 0 atom stereocenters. The van der Waals surface area contributed by atoms with E-state index in [9.17, 15) is 0 Å². The van der Waals surface area contributed by atoms with E-state index in [1.807, 2.05) is 42.6 Å². The molecule has 0 bridgehead atoms. The molecule has 0 aliphatic rings. The van der Waals surface area contributed by atoms with Gasteiger partial charge in [-0.1, -0.05) is 109 Å². The molecule has 9 aromatic rings. The lowest BCUT2D eigenvalue weighted by atomic mass is 9.86. The highest BCUT2D eigenvalue weighted by molar-refractivity contribution is 6.01. The van der Waals surface area contributed by atoms with E-state index in [1.165, 1.54) is 0 Å². The quantitative estimate of drug-likeness (QED) is 0.168. The van der Waals surface area contributed by atoms with Crippen molar-refractivity contribution in [1.29, 1.82) is 0 Å². The number of hydrogen-bond acceptors (Lipinski definition) is 6. The molecule has 0 unspecified atom stereocenters. The maximum atomic E-state index is 5.02. The van der Waals surface area contributed by atoms with E-state index in [-0.39, 0.29) is 0 Å². The van der Waals surface area contributed by atoms with Gasteiger partial charge in [0.15, 0.2) is 17.5 Å². The maximum Gasteiger partial charge on any atom is 0.165 e. The van der Waals surface area contributed by atoms with Gasteiger partial charge in [-0.3, -0.25) is 15.0 Å². The summed E-state index contributed by atoms with van der Waals surface area (Å²) < 4.78 is 0. The van der Waals surface area contributed by atoms with Gasteiger partial charge in [-0.15, -0.1) is 0 Å². The van der Waals surface area contributed by atoms with E-state index in [1.54, 1.807) is 24.8 Å². The second-order valence-electron chi connectivity index (χ2n) is 12.4. The van der Waals surface area contributed by atoms with Crippen molar-refractivity contribution >= 4 is 10.9 Å². The predicted molar refractivity (Wildman–Crippen MR) is 209 cm³/mol. The van der Waals surface area contributed by atoms with Gasteiger partial charge in [0, 0.05) is 58.6 Å². The number of fused-ring (bicyclic) bond motifs is 1. The summed E-state index contributed by atoms with van der Waals surface area (Å²) in [5, 5.41) is 1.07. The molecule has 0 spiro atoms. The van der Waals surface area contributed by atoms with Crippen LogP contribution in [0.15, 0.2) is 183 Å². The van der Waals surface area contributed by atoms with Crippen molar-refractivity contribution in [2.75, 3.05) is 0 Å². The highest BCUT2D eigenvalue weighted by Crippen LogP contribution is 2.43. The number of rotatable bonds is 7. The fourth-order valence-corrected chi connectivity index (χ4v) is 6.66. The summed E-state index contributed by atoms with van der Waals surface area (Å²) in [6, 6.07) is 52.4. The van der Waals surface area contributed by atoms with Crippen LogP contribution in [0.2, 0.25) is 0 Å². The molecule has 0 aliphatic carbocycles. The van der Waals surface area contributed by atoms with Crippen molar-refractivity contribution in [1.82, 2.24) is 29.9 Å². The van der Waals surface area contributed by atoms with Crippen LogP contribution in [0.3, 0.4) is 0 Å². The first kappa shape index (κ1) is 30.8. The molecule has 6 heteroatoms. The summed E-state index contributed by atoms with van der Waals surface area (Å²) in [5.41, 5.74) is 12.2. The Kier molecular flexibility index (Phi) is 8.08. The van der Waals surface area contributed by atoms with Gasteiger partial charge in [-0.2, -0.15) is 0 Å². The number of nitrogens with zero attached hydrogens (tertiary/aromatic N) is 6. The Balaban J connectivity index is 1.32. The first-order valence-corrected chi connectivity index (χ1v) is 17.1. The van der Waals surface area contributed by atoms with Crippen LogP contribution < -0.4 is 0 Å². The monoisotopic (exact) mass is 666 g/mol. The molecule has 6 nitrogen and oxygen atoms in total. The van der Waals surface area contributed by atoms with Crippen LogP contribution in [-0.2, 0) is 0 Å². The van der Waals surface area contributed by atoms with Crippen LogP contribution in [0, 0.1) is 0 Å². The van der Waals surface area contributed by atoms with Crippen molar-refractivity contribution in [3.05, 3.63) is 183 Å². The van der Waals surface area contributed by atoms with Gasteiger partial charge in [0.1, 0.15) is 0 Å². The van der Waals surface area contributed by atoms with Crippen LogP contribution in [0.5, 0.6) is 0 Å². The first-order chi connectivity index (χ1) is 25.8. The minimum absolute atomic E-state index is 0.538. The second-order valence-corrected chi connectivity index (χ2v) is 12.4. The summed E-state index contributed by atoms with van der Waals surface area (Å²) in [6.45, 7) is 0. The van der Waals surface area contributed by atoms with E-state index in [4.69, 9.17) is 19.9 Å². The number of aromatic nitrogens is 6. The average Bonchev–Trinajstić information content (AvgIpc) is 3.24. The molecule has 5 aromatic carbocycles. The average molecular weight is 667 g/mol. The molecule has 244 valence electrons. The zero-order valence-corrected chi connectivity index (χ0v) is 28.0. The molecule has 0 saturated carbocycles. The van der Waals surface area contributed by atoms with Gasteiger partial charge >= 0.3 is 0 Å². The normalized spacial score (nSPS) is 11.1. The summed E-state index contributed by atoms with van der Waals surface area (Å²) >= 11 is 0. The van der Waals surface area contributed by atoms with E-state index in [2.05, 4.69) is 125 Å². The van der Waals surface area contributed by atoms with Gasteiger partial charge < -0.3 is 0 Å². The van der Waals surface area contributed by atoms with Crippen LogP contribution in [0.25, 0.3) is 89.6 Å². The summed E-state index contributed by atoms with van der Waals surface area (Å²) in [7, 11) is 0. The molecule has 0 saturated heterocycles. The fraction of sp³-hybridized carbons (Fsp3) is 0. The van der Waals surface area contributed by atoms with Crippen molar-refractivity contribution in [2.24, 2.45) is 0 Å². The molecular weight excluding hydrogens is 637 g/mol. The molecule has 4 aromatic heterocycles. The Morgan fingerprint density at radius 2 is 0.846 bits per heavy atom. The molecule has 0 aliphatic heterocycles. The van der Waals surface area contributed by atoms with Crippen molar-refractivity contribution in [2.45, 2.75) is 0 Å². The fourth-order valence-electron chi connectivity index (χ4n) is 6.66. The zero-order valence-electron chi connectivity index (χ0n) is 28.0. The predicted octanol–water partition coefficient (Wildman–Crippen LogP) is 10.9. The Labute approximate surface area is 301 Å². The van der Waals surface area contributed by atoms with Crippen LogP contribution in [0.4, 0.5) is 0 Å². The van der Waals surface area contributed by atoms with Crippen molar-refractivity contribution in [3.63, 3.8) is 0 Å². The summed E-state index contributed by atoms with van der Waals surface area (Å²) in [6.07, 6.45) is 8.88. The SMILES string of the molecule is c1ccc(-c2ccc(-c3ccccc3)c(-c3ccc(-c4nc(-c5cccnc5)nc(-c5cccnc5)n4)cc3-c3cccc4cccnc34)c2)cc1. The Hall–Kier alpha value is -7.18. The third-order valence-electron chi connectivity index (χ3n) is 9.18. The molecule has 4 heterocycles. The molecular formula is C46H30N6. The lowest BCUT2D eigenvalue weighted by molar-refractivity contribution is 1.07. The maximum absolute atomic E-state index is 5.02. The van der Waals surface area contributed by atoms with Gasteiger partial charge in [0.25, 0.3) is 0 Å². The highest BCUT2D eigenvalue weighted by atomic mass is 15.0. The second kappa shape index (κ2) is 13.6.